The monoisotopic (exact) mass is 541 g/mol. The van der Waals surface area contributed by atoms with Gasteiger partial charge in [0.2, 0.25) is 0 Å². The van der Waals surface area contributed by atoms with Gasteiger partial charge in [-0.15, -0.1) is 0 Å². The van der Waals surface area contributed by atoms with Gasteiger partial charge in [-0.05, 0) is 39.7 Å². The number of aromatic nitrogens is 3. The molecule has 204 valence electrons. The van der Waals surface area contributed by atoms with Crippen LogP contribution < -0.4 is 20.3 Å². The lowest BCUT2D eigenvalue weighted by atomic mass is 9.73. The lowest BCUT2D eigenvalue weighted by molar-refractivity contribution is 0.0973. The summed E-state index contributed by atoms with van der Waals surface area (Å²) < 4.78 is 12.0. The van der Waals surface area contributed by atoms with Crippen molar-refractivity contribution in [2.75, 3.05) is 42.6 Å². The summed E-state index contributed by atoms with van der Waals surface area (Å²) in [5.74, 6) is 1.83. The molecule has 0 radical (unpaired) electrons. The highest BCUT2D eigenvalue weighted by molar-refractivity contribution is 7.99. The molecule has 2 amide bonds. The molecule has 6 rings (SSSR count). The number of hydrogen-bond acceptors (Lipinski definition) is 10. The van der Waals surface area contributed by atoms with Crippen molar-refractivity contribution >= 4 is 29.4 Å². The van der Waals surface area contributed by atoms with Gasteiger partial charge in [-0.2, -0.15) is 0 Å². The molecular weight excluding hydrogens is 506 g/mol. The van der Waals surface area contributed by atoms with E-state index in [1.54, 1.807) is 17.3 Å². The second-order valence-corrected chi connectivity index (χ2v) is 12.0. The van der Waals surface area contributed by atoms with E-state index in [0.717, 1.165) is 30.8 Å². The van der Waals surface area contributed by atoms with E-state index in [-0.39, 0.29) is 42.3 Å². The predicted molar refractivity (Wildman–Crippen MR) is 143 cm³/mol. The van der Waals surface area contributed by atoms with Crippen LogP contribution in [0.25, 0.3) is 0 Å². The number of nitrogens with zero attached hydrogens (tertiary/aromatic N) is 6. The summed E-state index contributed by atoms with van der Waals surface area (Å²) in [6.45, 7) is 9.19. The number of urea groups is 1. The molecule has 3 saturated heterocycles. The minimum absolute atomic E-state index is 0.0148. The van der Waals surface area contributed by atoms with Crippen LogP contribution in [0.5, 0.6) is 5.75 Å². The molecule has 0 aromatic carbocycles. The molecule has 12 heteroatoms. The summed E-state index contributed by atoms with van der Waals surface area (Å²) >= 11 is 1.39. The number of piperidine rings is 1. The number of ether oxygens (including phenoxy) is 2. The van der Waals surface area contributed by atoms with Gasteiger partial charge in [-0.1, -0.05) is 11.8 Å². The lowest BCUT2D eigenvalue weighted by Crippen LogP contribution is -2.51. The van der Waals surface area contributed by atoms with E-state index in [0.29, 0.717) is 47.9 Å². The number of amides is 2. The van der Waals surface area contributed by atoms with E-state index in [4.69, 9.17) is 25.2 Å². The first-order chi connectivity index (χ1) is 18.3. The maximum Gasteiger partial charge on any atom is 0.326 e. The normalized spacial score (nSPS) is 26.2. The van der Waals surface area contributed by atoms with Gasteiger partial charge in [0.1, 0.15) is 17.3 Å². The Hall–Kier alpha value is -2.67. The number of anilines is 2. The Balaban J connectivity index is 1.20. The van der Waals surface area contributed by atoms with Crippen LogP contribution in [0.15, 0.2) is 28.4 Å². The van der Waals surface area contributed by atoms with E-state index in [2.05, 4.69) is 9.88 Å². The van der Waals surface area contributed by atoms with E-state index < -0.39 is 0 Å². The Bertz CT molecular complexity index is 1220. The van der Waals surface area contributed by atoms with Crippen LogP contribution in [0.2, 0.25) is 0 Å². The Morgan fingerprint density at radius 1 is 1.26 bits per heavy atom. The maximum absolute atomic E-state index is 13.1. The predicted octanol–water partition coefficient (Wildman–Crippen LogP) is 2.26. The Kier molecular flexibility index (Phi) is 6.61. The van der Waals surface area contributed by atoms with Crippen molar-refractivity contribution in [1.29, 1.82) is 0 Å². The van der Waals surface area contributed by atoms with Crippen molar-refractivity contribution in [2.45, 2.75) is 74.4 Å². The summed E-state index contributed by atoms with van der Waals surface area (Å²) in [7, 11) is 0. The standard InChI is InChI=1S/C26H35N7O4S/c1-15(2)32-11-17-13-36-21-19(4-7-28-24(21)33(17)25(32)35)38-20-10-29-23(18(12-34)30-20)31-8-5-26(6-9-31)14-37-16(3)22(26)27/h4,7,10,15-17,22,34H,5-6,8-9,11-14,27H2,1-3H3/t16-,17?,22+/m0/s1. The number of pyridine rings is 1. The Labute approximate surface area is 226 Å². The first-order valence-electron chi connectivity index (χ1n) is 13.3. The van der Waals surface area contributed by atoms with Crippen LogP contribution in [0.1, 0.15) is 39.3 Å². The first kappa shape index (κ1) is 25.6. The van der Waals surface area contributed by atoms with E-state index >= 15 is 0 Å². The summed E-state index contributed by atoms with van der Waals surface area (Å²) in [6.07, 6.45) is 5.35. The topological polar surface area (TPSA) is 130 Å². The zero-order valence-electron chi connectivity index (χ0n) is 22.0. The van der Waals surface area contributed by atoms with E-state index in [1.807, 2.05) is 31.7 Å². The first-order valence-corrected chi connectivity index (χ1v) is 14.1. The SMILES string of the molecule is CC(C)N1CC2COc3c(Sc4cnc(N5CCC6(CC5)CO[C@@H](C)[C@H]6N)c(CO)n4)ccnc3N2C1=O. The lowest BCUT2D eigenvalue weighted by Gasteiger charge is -2.41. The van der Waals surface area contributed by atoms with Gasteiger partial charge in [0.25, 0.3) is 0 Å². The molecule has 3 N–H and O–H groups in total. The highest BCUT2D eigenvalue weighted by atomic mass is 32.2. The Morgan fingerprint density at radius 3 is 2.74 bits per heavy atom. The van der Waals surface area contributed by atoms with Crippen molar-refractivity contribution in [2.24, 2.45) is 11.1 Å². The van der Waals surface area contributed by atoms with Crippen molar-refractivity contribution in [3.05, 3.63) is 24.2 Å². The average Bonchev–Trinajstić information content (AvgIpc) is 3.41. The number of aliphatic hydroxyl groups is 1. The zero-order chi connectivity index (χ0) is 26.6. The third-order valence-electron chi connectivity index (χ3n) is 8.42. The zero-order valence-corrected chi connectivity index (χ0v) is 22.9. The molecule has 4 aliphatic heterocycles. The van der Waals surface area contributed by atoms with Gasteiger partial charge in [-0.25, -0.2) is 19.7 Å². The number of rotatable bonds is 5. The molecular formula is C26H35N7O4S. The summed E-state index contributed by atoms with van der Waals surface area (Å²) in [6, 6.07) is 1.91. The van der Waals surface area contributed by atoms with Crippen molar-refractivity contribution in [3.63, 3.8) is 0 Å². The third kappa shape index (κ3) is 4.18. The number of aliphatic hydroxyl groups excluding tert-OH is 1. The molecule has 11 nitrogen and oxygen atoms in total. The molecule has 0 bridgehead atoms. The van der Waals surface area contributed by atoms with Crippen LogP contribution in [-0.4, -0.2) is 88.1 Å². The number of nitrogens with two attached hydrogens (primary N) is 1. The molecule has 2 aromatic rings. The van der Waals surface area contributed by atoms with Gasteiger partial charge in [-0.3, -0.25) is 4.90 Å². The van der Waals surface area contributed by atoms with Crippen LogP contribution in [0.3, 0.4) is 0 Å². The van der Waals surface area contributed by atoms with Crippen LogP contribution in [0.4, 0.5) is 16.4 Å². The van der Waals surface area contributed by atoms with Crippen molar-refractivity contribution < 1.29 is 19.4 Å². The van der Waals surface area contributed by atoms with Gasteiger partial charge in [0.15, 0.2) is 17.4 Å². The quantitative estimate of drug-likeness (QED) is 0.581. The summed E-state index contributed by atoms with van der Waals surface area (Å²) in [5, 5.41) is 10.8. The van der Waals surface area contributed by atoms with Crippen LogP contribution in [-0.2, 0) is 11.3 Å². The smallest absolute Gasteiger partial charge is 0.326 e. The molecule has 1 unspecified atom stereocenters. The number of fused-ring (bicyclic) bond motifs is 3. The minimum atomic E-state index is -0.210. The number of carbonyl (C=O) groups is 1. The second kappa shape index (κ2) is 9.82. The molecule has 0 saturated carbocycles. The fraction of sp³-hybridized carbons (Fsp3) is 0.615. The largest absolute Gasteiger partial charge is 0.486 e. The van der Waals surface area contributed by atoms with Gasteiger partial charge >= 0.3 is 6.03 Å². The molecule has 6 heterocycles. The van der Waals surface area contributed by atoms with Gasteiger partial charge in [0.05, 0.1) is 36.5 Å². The minimum Gasteiger partial charge on any atom is -0.486 e. The van der Waals surface area contributed by atoms with Crippen LogP contribution >= 0.6 is 11.8 Å². The van der Waals surface area contributed by atoms with Crippen molar-refractivity contribution in [3.8, 4) is 5.75 Å². The van der Waals surface area contributed by atoms with E-state index in [9.17, 15) is 9.90 Å². The maximum atomic E-state index is 13.1. The van der Waals surface area contributed by atoms with Gasteiger partial charge < -0.3 is 30.1 Å². The van der Waals surface area contributed by atoms with Gasteiger partial charge in [0, 0.05) is 43.3 Å². The molecule has 1 spiro atoms. The fourth-order valence-corrected chi connectivity index (χ4v) is 6.92. The summed E-state index contributed by atoms with van der Waals surface area (Å²) in [5.41, 5.74) is 7.03. The highest BCUT2D eigenvalue weighted by Gasteiger charge is 2.48. The molecule has 3 fully saturated rings. The molecule has 38 heavy (non-hydrogen) atoms. The third-order valence-corrected chi connectivity index (χ3v) is 9.36. The number of hydrogen-bond donors (Lipinski definition) is 2. The average molecular weight is 542 g/mol. The molecule has 2 aromatic heterocycles. The number of carbonyl (C=O) groups excluding carboxylic acids is 1. The summed E-state index contributed by atoms with van der Waals surface area (Å²) in [4.78, 5) is 33.6. The molecule has 0 aliphatic carbocycles. The highest BCUT2D eigenvalue weighted by Crippen LogP contribution is 2.45. The molecule has 4 aliphatic rings. The Morgan fingerprint density at radius 2 is 2.05 bits per heavy atom. The molecule has 3 atom stereocenters. The van der Waals surface area contributed by atoms with E-state index in [1.165, 1.54) is 11.8 Å². The second-order valence-electron chi connectivity index (χ2n) is 11.0. The van der Waals surface area contributed by atoms with Crippen molar-refractivity contribution in [1.82, 2.24) is 19.9 Å². The van der Waals surface area contributed by atoms with Crippen LogP contribution in [0, 0.1) is 5.41 Å². The fourth-order valence-electron chi connectivity index (χ4n) is 6.06.